The van der Waals surface area contributed by atoms with Crippen LogP contribution in [0.2, 0.25) is 0 Å². The topological polar surface area (TPSA) is 46.9 Å². The average molecular weight is 205 g/mol. The van der Waals surface area contributed by atoms with Crippen molar-refractivity contribution in [1.82, 2.24) is 15.1 Å². The van der Waals surface area contributed by atoms with Crippen molar-refractivity contribution in [2.45, 2.75) is 31.3 Å². The lowest BCUT2D eigenvalue weighted by Gasteiger charge is -2.17. The van der Waals surface area contributed by atoms with Gasteiger partial charge in [0.15, 0.2) is 5.78 Å². The van der Waals surface area contributed by atoms with Crippen molar-refractivity contribution in [2.75, 3.05) is 0 Å². The van der Waals surface area contributed by atoms with Gasteiger partial charge < -0.3 is 5.32 Å². The lowest BCUT2D eigenvalue weighted by molar-refractivity contribution is 0.0901. The van der Waals surface area contributed by atoms with Crippen molar-refractivity contribution in [2.24, 2.45) is 13.0 Å². The lowest BCUT2D eigenvalue weighted by atomic mass is 9.84. The van der Waals surface area contributed by atoms with Gasteiger partial charge in [-0.1, -0.05) is 0 Å². The smallest absolute Gasteiger partial charge is 0.170 e. The standard InChI is InChI=1S/C11H15N3O/c1-14-6-7(5-12-14)11(15)9-4-8-2-3-10(9)13-8/h5-6,8-10,13H,2-4H2,1H3. The van der Waals surface area contributed by atoms with Gasteiger partial charge in [-0.2, -0.15) is 5.10 Å². The van der Waals surface area contributed by atoms with E-state index in [-0.39, 0.29) is 11.7 Å². The maximum Gasteiger partial charge on any atom is 0.170 e. The number of hydrogen-bond donors (Lipinski definition) is 1. The predicted molar refractivity (Wildman–Crippen MR) is 55.6 cm³/mol. The van der Waals surface area contributed by atoms with Crippen LogP contribution in [0.1, 0.15) is 29.6 Å². The SMILES string of the molecule is Cn1cc(C(=O)C2CC3CCC2N3)cn1. The second-order valence-electron chi connectivity index (χ2n) is 4.66. The predicted octanol–water partition coefficient (Wildman–Crippen LogP) is 0.743. The van der Waals surface area contributed by atoms with Crippen molar-refractivity contribution >= 4 is 5.78 Å². The molecule has 2 aliphatic heterocycles. The van der Waals surface area contributed by atoms with Crippen LogP contribution in [0.5, 0.6) is 0 Å². The fraction of sp³-hybridized carbons (Fsp3) is 0.636. The Kier molecular flexibility index (Phi) is 1.92. The Morgan fingerprint density at radius 2 is 2.47 bits per heavy atom. The van der Waals surface area contributed by atoms with Crippen LogP contribution in [-0.2, 0) is 7.05 Å². The number of aromatic nitrogens is 2. The van der Waals surface area contributed by atoms with Crippen molar-refractivity contribution in [1.29, 1.82) is 0 Å². The first-order chi connectivity index (χ1) is 7.24. The zero-order valence-corrected chi connectivity index (χ0v) is 8.81. The molecule has 4 nitrogen and oxygen atoms in total. The Labute approximate surface area is 88.7 Å². The van der Waals surface area contributed by atoms with E-state index >= 15 is 0 Å². The first kappa shape index (κ1) is 9.09. The second kappa shape index (κ2) is 3.17. The highest BCUT2D eigenvalue weighted by atomic mass is 16.1. The molecule has 0 amide bonds. The number of hydrogen-bond acceptors (Lipinski definition) is 3. The monoisotopic (exact) mass is 205 g/mol. The molecule has 0 aliphatic carbocycles. The molecule has 2 fully saturated rings. The van der Waals surface area contributed by atoms with Gasteiger partial charge in [-0.05, 0) is 19.3 Å². The van der Waals surface area contributed by atoms with Crippen molar-refractivity contribution in [3.63, 3.8) is 0 Å². The highest BCUT2D eigenvalue weighted by molar-refractivity contribution is 5.98. The van der Waals surface area contributed by atoms with Crippen LogP contribution in [0.3, 0.4) is 0 Å². The molecule has 3 heterocycles. The van der Waals surface area contributed by atoms with Gasteiger partial charge in [-0.25, -0.2) is 0 Å². The van der Waals surface area contributed by atoms with Gasteiger partial charge in [-0.15, -0.1) is 0 Å². The van der Waals surface area contributed by atoms with Crippen LogP contribution >= 0.6 is 0 Å². The van der Waals surface area contributed by atoms with Crippen molar-refractivity contribution < 1.29 is 4.79 Å². The third-order valence-corrected chi connectivity index (χ3v) is 3.63. The number of carbonyl (C=O) groups excluding carboxylic acids is 1. The molecule has 2 bridgehead atoms. The van der Waals surface area contributed by atoms with Crippen LogP contribution < -0.4 is 5.32 Å². The molecule has 80 valence electrons. The first-order valence-corrected chi connectivity index (χ1v) is 5.53. The Balaban J connectivity index is 1.81. The highest BCUT2D eigenvalue weighted by Crippen LogP contribution is 2.35. The zero-order valence-electron chi connectivity index (χ0n) is 8.81. The van der Waals surface area contributed by atoms with Crippen LogP contribution in [-0.4, -0.2) is 27.6 Å². The largest absolute Gasteiger partial charge is 0.310 e. The fourth-order valence-electron chi connectivity index (χ4n) is 2.88. The number of fused-ring (bicyclic) bond motifs is 2. The number of carbonyl (C=O) groups is 1. The Morgan fingerprint density at radius 3 is 3.00 bits per heavy atom. The maximum absolute atomic E-state index is 12.2. The lowest BCUT2D eigenvalue weighted by Crippen LogP contribution is -2.28. The summed E-state index contributed by atoms with van der Waals surface area (Å²) in [4.78, 5) is 12.2. The number of nitrogens with zero attached hydrogens (tertiary/aromatic N) is 2. The minimum absolute atomic E-state index is 0.188. The maximum atomic E-state index is 12.2. The van der Waals surface area contributed by atoms with E-state index in [0.717, 1.165) is 18.4 Å². The quantitative estimate of drug-likeness (QED) is 0.724. The summed E-state index contributed by atoms with van der Waals surface area (Å²) in [6, 6.07) is 1.00. The molecule has 1 aromatic rings. The molecule has 3 atom stereocenters. The summed E-state index contributed by atoms with van der Waals surface area (Å²) in [6.07, 6.45) is 6.89. The minimum Gasteiger partial charge on any atom is -0.310 e. The third kappa shape index (κ3) is 1.40. The van der Waals surface area contributed by atoms with Crippen LogP contribution in [0.25, 0.3) is 0 Å². The molecule has 0 aromatic carbocycles. The number of Topliss-reactive ketones (excluding diaryl/α,β-unsaturated/α-hetero) is 1. The molecular formula is C11H15N3O. The summed E-state index contributed by atoms with van der Waals surface area (Å²) >= 11 is 0. The van der Waals surface area contributed by atoms with E-state index in [4.69, 9.17) is 0 Å². The summed E-state index contributed by atoms with van der Waals surface area (Å²) in [5, 5.41) is 7.53. The van der Waals surface area contributed by atoms with E-state index in [0.29, 0.717) is 12.1 Å². The summed E-state index contributed by atoms with van der Waals surface area (Å²) < 4.78 is 1.69. The molecule has 0 spiro atoms. The molecule has 1 N–H and O–H groups in total. The number of aryl methyl sites for hydroxylation is 1. The molecule has 15 heavy (non-hydrogen) atoms. The van der Waals surface area contributed by atoms with Gasteiger partial charge in [0.1, 0.15) is 0 Å². The molecule has 0 radical (unpaired) electrons. The van der Waals surface area contributed by atoms with E-state index in [9.17, 15) is 4.79 Å². The summed E-state index contributed by atoms with van der Waals surface area (Å²) in [6.45, 7) is 0. The second-order valence-corrected chi connectivity index (χ2v) is 4.66. The Hall–Kier alpha value is -1.16. The molecule has 3 unspecified atom stereocenters. The fourth-order valence-corrected chi connectivity index (χ4v) is 2.88. The average Bonchev–Trinajstić information content (AvgIpc) is 2.90. The number of ketones is 1. The summed E-state index contributed by atoms with van der Waals surface area (Å²) in [5.74, 6) is 0.454. The zero-order chi connectivity index (χ0) is 10.4. The van der Waals surface area contributed by atoms with E-state index in [2.05, 4.69) is 10.4 Å². The molecular weight excluding hydrogens is 190 g/mol. The number of rotatable bonds is 2. The van der Waals surface area contributed by atoms with Crippen molar-refractivity contribution in [3.8, 4) is 0 Å². The molecule has 2 aliphatic rings. The van der Waals surface area contributed by atoms with Crippen LogP contribution in [0.15, 0.2) is 12.4 Å². The highest BCUT2D eigenvalue weighted by Gasteiger charge is 2.42. The van der Waals surface area contributed by atoms with E-state index in [1.807, 2.05) is 13.2 Å². The van der Waals surface area contributed by atoms with Crippen LogP contribution in [0.4, 0.5) is 0 Å². The normalized spacial score (nSPS) is 33.5. The Bertz CT molecular complexity index is 398. The Morgan fingerprint density at radius 1 is 1.60 bits per heavy atom. The van der Waals surface area contributed by atoms with Crippen LogP contribution in [0, 0.1) is 5.92 Å². The van der Waals surface area contributed by atoms with Gasteiger partial charge in [0, 0.05) is 31.2 Å². The molecule has 2 saturated heterocycles. The first-order valence-electron chi connectivity index (χ1n) is 5.53. The molecule has 4 heteroatoms. The minimum atomic E-state index is 0.188. The summed E-state index contributed by atoms with van der Waals surface area (Å²) in [7, 11) is 1.84. The molecule has 1 aromatic heterocycles. The van der Waals surface area contributed by atoms with Crippen molar-refractivity contribution in [3.05, 3.63) is 18.0 Å². The van der Waals surface area contributed by atoms with Gasteiger partial charge in [0.25, 0.3) is 0 Å². The van der Waals surface area contributed by atoms with E-state index < -0.39 is 0 Å². The van der Waals surface area contributed by atoms with E-state index in [1.165, 1.54) is 6.42 Å². The van der Waals surface area contributed by atoms with E-state index in [1.54, 1.807) is 10.9 Å². The molecule has 0 saturated carbocycles. The van der Waals surface area contributed by atoms with Gasteiger partial charge in [0.05, 0.1) is 11.8 Å². The van der Waals surface area contributed by atoms with Gasteiger partial charge >= 0.3 is 0 Å². The van der Waals surface area contributed by atoms with Gasteiger partial charge in [0.2, 0.25) is 0 Å². The third-order valence-electron chi connectivity index (χ3n) is 3.63. The van der Waals surface area contributed by atoms with Gasteiger partial charge in [-0.3, -0.25) is 9.48 Å². The number of nitrogens with one attached hydrogen (secondary N) is 1. The molecule has 3 rings (SSSR count). The summed E-state index contributed by atoms with van der Waals surface area (Å²) in [5.41, 5.74) is 0.761.